The first-order valence-electron chi connectivity index (χ1n) is 6.67. The number of hydrogen-bond acceptors (Lipinski definition) is 2. The van der Waals surface area contributed by atoms with Crippen LogP contribution in [0.5, 0.6) is 0 Å². The molecule has 0 heterocycles. The average Bonchev–Trinajstić information content (AvgIpc) is 2.88. The monoisotopic (exact) mass is 288 g/mol. The molecule has 3 N–H and O–H groups in total. The summed E-state index contributed by atoms with van der Waals surface area (Å²) >= 11 is 0. The van der Waals surface area contributed by atoms with Gasteiger partial charge in [0.1, 0.15) is 11.6 Å². The van der Waals surface area contributed by atoms with Crippen molar-refractivity contribution >= 4 is 17.3 Å². The number of amides is 1. The molecule has 0 saturated heterocycles. The molecule has 0 atom stereocenters. The molecule has 5 heteroatoms. The van der Waals surface area contributed by atoms with Gasteiger partial charge in [0.2, 0.25) is 5.91 Å². The number of benzene rings is 2. The fourth-order valence-electron chi connectivity index (χ4n) is 2.64. The van der Waals surface area contributed by atoms with Gasteiger partial charge in [-0.05, 0) is 30.0 Å². The maximum absolute atomic E-state index is 13.6. The molecule has 0 saturated carbocycles. The summed E-state index contributed by atoms with van der Waals surface area (Å²) in [7, 11) is 0. The van der Waals surface area contributed by atoms with Gasteiger partial charge in [0.25, 0.3) is 0 Å². The number of nitrogens with two attached hydrogens (primary N) is 1. The van der Waals surface area contributed by atoms with Gasteiger partial charge in [-0.2, -0.15) is 0 Å². The van der Waals surface area contributed by atoms with Crippen LogP contribution < -0.4 is 11.1 Å². The van der Waals surface area contributed by atoms with Crippen LogP contribution >= 0.6 is 0 Å². The van der Waals surface area contributed by atoms with Crippen LogP contribution in [0.4, 0.5) is 20.2 Å². The Labute approximate surface area is 120 Å². The lowest BCUT2D eigenvalue weighted by molar-refractivity contribution is -0.119. The number of rotatable bonds is 2. The van der Waals surface area contributed by atoms with E-state index in [1.807, 2.05) is 24.3 Å². The van der Waals surface area contributed by atoms with E-state index in [0.29, 0.717) is 18.9 Å². The molecule has 3 rings (SSSR count). The molecule has 1 amide bonds. The molecule has 0 aromatic heterocycles. The number of carbonyl (C=O) groups excluding carboxylic acids is 1. The van der Waals surface area contributed by atoms with Crippen LogP contribution in [-0.4, -0.2) is 5.91 Å². The minimum Gasteiger partial charge on any atom is -0.396 e. The highest BCUT2D eigenvalue weighted by Crippen LogP contribution is 2.28. The van der Waals surface area contributed by atoms with Gasteiger partial charge >= 0.3 is 0 Å². The number of halogens is 2. The molecular formula is C16H14F2N2O. The quantitative estimate of drug-likeness (QED) is 0.835. The smallest absolute Gasteiger partial charge is 0.228 e. The van der Waals surface area contributed by atoms with Crippen molar-refractivity contribution in [1.82, 2.24) is 0 Å². The molecule has 2 aromatic carbocycles. The summed E-state index contributed by atoms with van der Waals surface area (Å²) in [6, 6.07) is 9.61. The number of fused-ring (bicyclic) bond motifs is 1. The van der Waals surface area contributed by atoms with Gasteiger partial charge in [0.05, 0.1) is 11.4 Å². The van der Waals surface area contributed by atoms with Gasteiger partial charge in [-0.1, -0.05) is 24.3 Å². The van der Waals surface area contributed by atoms with Crippen LogP contribution in [0.15, 0.2) is 36.4 Å². The Kier molecular flexibility index (Phi) is 3.33. The molecule has 0 bridgehead atoms. The third-order valence-corrected chi connectivity index (χ3v) is 3.77. The van der Waals surface area contributed by atoms with Crippen LogP contribution in [0, 0.1) is 17.6 Å². The molecule has 0 aliphatic heterocycles. The first kappa shape index (κ1) is 13.5. The van der Waals surface area contributed by atoms with Crippen LogP contribution in [0.3, 0.4) is 0 Å². The highest BCUT2D eigenvalue weighted by atomic mass is 19.1. The zero-order chi connectivity index (χ0) is 15.0. The Morgan fingerprint density at radius 2 is 1.71 bits per heavy atom. The SMILES string of the molecule is Nc1cc(NC(=O)C2Cc3ccccc3C2)c(F)cc1F. The Morgan fingerprint density at radius 1 is 1.10 bits per heavy atom. The maximum Gasteiger partial charge on any atom is 0.228 e. The Balaban J connectivity index is 1.75. The zero-order valence-electron chi connectivity index (χ0n) is 11.2. The van der Waals surface area contributed by atoms with Crippen LogP contribution in [-0.2, 0) is 17.6 Å². The lowest BCUT2D eigenvalue weighted by atomic mass is 10.1. The second-order valence-corrected chi connectivity index (χ2v) is 5.22. The molecule has 21 heavy (non-hydrogen) atoms. The lowest BCUT2D eigenvalue weighted by Gasteiger charge is -2.12. The number of carbonyl (C=O) groups is 1. The van der Waals surface area contributed by atoms with Crippen LogP contribution in [0.25, 0.3) is 0 Å². The highest BCUT2D eigenvalue weighted by molar-refractivity contribution is 5.94. The van der Waals surface area contributed by atoms with E-state index >= 15 is 0 Å². The number of hydrogen-bond donors (Lipinski definition) is 2. The van der Waals surface area contributed by atoms with Crippen molar-refractivity contribution in [3.63, 3.8) is 0 Å². The fourth-order valence-corrected chi connectivity index (χ4v) is 2.64. The molecule has 3 nitrogen and oxygen atoms in total. The molecule has 0 unspecified atom stereocenters. The molecule has 1 aliphatic carbocycles. The standard InChI is InChI=1S/C16H14F2N2O/c17-12-7-13(18)15(8-14(12)19)20-16(21)11-5-9-3-1-2-4-10(9)6-11/h1-4,7-8,11H,5-6,19H2,(H,20,21). The van der Waals surface area contributed by atoms with E-state index in [2.05, 4.69) is 5.32 Å². The van der Waals surface area contributed by atoms with E-state index in [9.17, 15) is 13.6 Å². The summed E-state index contributed by atoms with van der Waals surface area (Å²) in [5.41, 5.74) is 7.39. The molecule has 0 spiro atoms. The second-order valence-electron chi connectivity index (χ2n) is 5.22. The minimum atomic E-state index is -0.834. The van der Waals surface area contributed by atoms with Crippen molar-refractivity contribution < 1.29 is 13.6 Å². The van der Waals surface area contributed by atoms with Crippen molar-refractivity contribution in [2.45, 2.75) is 12.8 Å². The maximum atomic E-state index is 13.6. The van der Waals surface area contributed by atoms with Gasteiger partial charge in [-0.25, -0.2) is 8.78 Å². The van der Waals surface area contributed by atoms with Gasteiger partial charge < -0.3 is 11.1 Å². The largest absolute Gasteiger partial charge is 0.396 e. The minimum absolute atomic E-state index is 0.0881. The third kappa shape index (κ3) is 2.59. The average molecular weight is 288 g/mol. The summed E-state index contributed by atoms with van der Waals surface area (Å²) in [4.78, 5) is 12.2. The normalized spacial score (nSPS) is 14.0. The van der Waals surface area contributed by atoms with Gasteiger partial charge in [-0.3, -0.25) is 4.79 Å². The highest BCUT2D eigenvalue weighted by Gasteiger charge is 2.27. The zero-order valence-corrected chi connectivity index (χ0v) is 11.2. The number of anilines is 2. The summed E-state index contributed by atoms with van der Waals surface area (Å²) in [6.45, 7) is 0. The molecule has 0 radical (unpaired) electrons. The van der Waals surface area contributed by atoms with Crippen molar-refractivity contribution in [2.24, 2.45) is 5.92 Å². The van der Waals surface area contributed by atoms with Crippen molar-refractivity contribution in [3.05, 3.63) is 59.2 Å². The number of nitrogens with one attached hydrogen (secondary N) is 1. The van der Waals surface area contributed by atoms with E-state index in [-0.39, 0.29) is 23.2 Å². The Morgan fingerprint density at radius 3 is 2.33 bits per heavy atom. The molecular weight excluding hydrogens is 274 g/mol. The van der Waals surface area contributed by atoms with E-state index in [1.54, 1.807) is 0 Å². The van der Waals surface area contributed by atoms with Crippen LogP contribution in [0.2, 0.25) is 0 Å². The lowest BCUT2D eigenvalue weighted by Crippen LogP contribution is -2.23. The van der Waals surface area contributed by atoms with Crippen molar-refractivity contribution in [3.8, 4) is 0 Å². The van der Waals surface area contributed by atoms with Gasteiger partial charge in [-0.15, -0.1) is 0 Å². The summed E-state index contributed by atoms with van der Waals surface area (Å²) < 4.78 is 26.7. The molecule has 2 aromatic rings. The summed E-state index contributed by atoms with van der Waals surface area (Å²) in [5.74, 6) is -2.19. The van der Waals surface area contributed by atoms with Crippen molar-refractivity contribution in [1.29, 1.82) is 0 Å². The Bertz CT molecular complexity index is 690. The summed E-state index contributed by atoms with van der Waals surface area (Å²) in [6.07, 6.45) is 1.25. The second kappa shape index (κ2) is 5.16. The fraction of sp³-hybridized carbons (Fsp3) is 0.188. The van der Waals surface area contributed by atoms with Gasteiger partial charge in [0.15, 0.2) is 0 Å². The summed E-state index contributed by atoms with van der Waals surface area (Å²) in [5, 5.41) is 2.49. The third-order valence-electron chi connectivity index (χ3n) is 3.77. The van der Waals surface area contributed by atoms with E-state index in [0.717, 1.165) is 17.2 Å². The topological polar surface area (TPSA) is 55.1 Å². The molecule has 1 aliphatic rings. The predicted octanol–water partition coefficient (Wildman–Crippen LogP) is 2.90. The Hall–Kier alpha value is -2.43. The first-order valence-corrected chi connectivity index (χ1v) is 6.67. The van der Waals surface area contributed by atoms with E-state index in [4.69, 9.17) is 5.73 Å². The first-order chi connectivity index (χ1) is 10.0. The van der Waals surface area contributed by atoms with Gasteiger partial charge in [0, 0.05) is 12.0 Å². The van der Waals surface area contributed by atoms with Crippen molar-refractivity contribution in [2.75, 3.05) is 11.1 Å². The van der Waals surface area contributed by atoms with Crippen LogP contribution in [0.1, 0.15) is 11.1 Å². The molecule has 0 fully saturated rings. The molecule has 108 valence electrons. The van der Waals surface area contributed by atoms with E-state index < -0.39 is 11.6 Å². The predicted molar refractivity (Wildman–Crippen MR) is 76.7 cm³/mol. The van der Waals surface area contributed by atoms with E-state index in [1.165, 1.54) is 0 Å². The number of nitrogen functional groups attached to an aromatic ring is 1.